The predicted molar refractivity (Wildman–Crippen MR) is 100.0 cm³/mol. The fourth-order valence-electron chi connectivity index (χ4n) is 2.73. The van der Waals surface area contributed by atoms with Gasteiger partial charge in [0.15, 0.2) is 0 Å². The number of benzene rings is 1. The lowest BCUT2D eigenvalue weighted by Gasteiger charge is -2.25. The summed E-state index contributed by atoms with van der Waals surface area (Å²) in [5, 5.41) is 0. The maximum atomic E-state index is 5.85. The minimum atomic E-state index is 0.0135. The molecular weight excluding hydrogens is 284 g/mol. The van der Waals surface area contributed by atoms with Gasteiger partial charge in [0.1, 0.15) is 5.75 Å². The molecule has 23 heavy (non-hydrogen) atoms. The molecule has 1 aromatic rings. The summed E-state index contributed by atoms with van der Waals surface area (Å²) in [5.41, 5.74) is 1.23. The third-order valence-corrected chi connectivity index (χ3v) is 4.13. The Labute approximate surface area is 142 Å². The summed E-state index contributed by atoms with van der Waals surface area (Å²) in [6.07, 6.45) is 8.82. The minimum absolute atomic E-state index is 0.0135. The molecule has 0 amide bonds. The molecule has 130 valence electrons. The predicted octanol–water partition coefficient (Wildman–Crippen LogP) is 6.11. The highest BCUT2D eigenvalue weighted by Gasteiger charge is 2.17. The van der Waals surface area contributed by atoms with Crippen LogP contribution in [0.1, 0.15) is 65.9 Å². The summed E-state index contributed by atoms with van der Waals surface area (Å²) in [6, 6.07) is 8.28. The Morgan fingerprint density at radius 3 is 2.43 bits per heavy atom. The maximum absolute atomic E-state index is 5.85. The summed E-state index contributed by atoms with van der Waals surface area (Å²) in [7, 11) is 0. The van der Waals surface area contributed by atoms with E-state index in [-0.39, 0.29) is 5.60 Å². The second-order valence-electron chi connectivity index (χ2n) is 6.90. The van der Waals surface area contributed by atoms with Crippen molar-refractivity contribution in [2.45, 2.75) is 65.9 Å². The lowest BCUT2D eigenvalue weighted by Crippen LogP contribution is -2.24. The lowest BCUT2D eigenvalue weighted by atomic mass is 9.95. The van der Waals surface area contributed by atoms with Crippen molar-refractivity contribution in [3.05, 3.63) is 35.9 Å². The number of rotatable bonds is 11. The molecule has 0 aliphatic heterocycles. The molecule has 0 fully saturated rings. The van der Waals surface area contributed by atoms with E-state index in [0.29, 0.717) is 5.92 Å². The van der Waals surface area contributed by atoms with E-state index < -0.39 is 0 Å². The molecule has 0 aliphatic carbocycles. The molecule has 0 N–H and O–H groups in total. The smallest absolute Gasteiger partial charge is 0.119 e. The number of ether oxygens (including phenoxy) is 2. The van der Waals surface area contributed by atoms with E-state index in [0.717, 1.165) is 31.8 Å². The Morgan fingerprint density at radius 2 is 1.83 bits per heavy atom. The molecule has 0 saturated heterocycles. The summed E-state index contributed by atoms with van der Waals surface area (Å²) >= 11 is 0. The van der Waals surface area contributed by atoms with Crippen LogP contribution >= 0.6 is 0 Å². The molecular formula is C21H34O2. The molecule has 0 saturated carbocycles. The first-order valence-electron chi connectivity index (χ1n) is 8.96. The van der Waals surface area contributed by atoms with Crippen molar-refractivity contribution in [2.24, 2.45) is 5.92 Å². The van der Waals surface area contributed by atoms with E-state index in [9.17, 15) is 0 Å². The molecule has 0 bridgehead atoms. The van der Waals surface area contributed by atoms with Crippen molar-refractivity contribution in [3.63, 3.8) is 0 Å². The van der Waals surface area contributed by atoms with Crippen LogP contribution in [0.2, 0.25) is 0 Å². The normalized spacial score (nSPS) is 13.4. The summed E-state index contributed by atoms with van der Waals surface area (Å²) in [5.74, 6) is 1.65. The van der Waals surface area contributed by atoms with Crippen LogP contribution in [0.15, 0.2) is 30.3 Å². The average Bonchev–Trinajstić information content (AvgIpc) is 2.49. The summed E-state index contributed by atoms with van der Waals surface area (Å²) < 4.78 is 11.6. The Bertz CT molecular complexity index is 445. The van der Waals surface area contributed by atoms with Gasteiger partial charge in [-0.2, -0.15) is 0 Å². The molecule has 0 radical (unpaired) electrons. The van der Waals surface area contributed by atoms with Gasteiger partial charge in [-0.3, -0.25) is 0 Å². The van der Waals surface area contributed by atoms with Crippen molar-refractivity contribution in [1.29, 1.82) is 0 Å². The molecule has 1 rings (SSSR count). The largest absolute Gasteiger partial charge is 0.494 e. The van der Waals surface area contributed by atoms with Gasteiger partial charge in [0.05, 0.1) is 12.2 Å². The van der Waals surface area contributed by atoms with Gasteiger partial charge in [0, 0.05) is 6.61 Å². The Balaban J connectivity index is 2.19. The van der Waals surface area contributed by atoms with Crippen molar-refractivity contribution in [3.8, 4) is 5.75 Å². The molecule has 2 nitrogen and oxygen atoms in total. The van der Waals surface area contributed by atoms with Gasteiger partial charge >= 0.3 is 0 Å². The van der Waals surface area contributed by atoms with E-state index in [4.69, 9.17) is 9.47 Å². The van der Waals surface area contributed by atoms with Crippen LogP contribution in [0.3, 0.4) is 0 Å². The zero-order chi connectivity index (χ0) is 17.1. The lowest BCUT2D eigenvalue weighted by molar-refractivity contribution is -0.0183. The minimum Gasteiger partial charge on any atom is -0.494 e. The van der Waals surface area contributed by atoms with Crippen LogP contribution in [-0.4, -0.2) is 18.8 Å². The monoisotopic (exact) mass is 318 g/mol. The average molecular weight is 319 g/mol. The zero-order valence-corrected chi connectivity index (χ0v) is 15.6. The Kier molecular flexibility index (Phi) is 9.01. The van der Waals surface area contributed by atoms with Crippen LogP contribution in [0.4, 0.5) is 0 Å². The molecule has 0 spiro atoms. The Hall–Kier alpha value is -1.28. The van der Waals surface area contributed by atoms with Gasteiger partial charge in [-0.15, -0.1) is 0 Å². The van der Waals surface area contributed by atoms with Crippen molar-refractivity contribution in [2.75, 3.05) is 13.2 Å². The van der Waals surface area contributed by atoms with E-state index >= 15 is 0 Å². The van der Waals surface area contributed by atoms with Gasteiger partial charge in [-0.1, -0.05) is 44.1 Å². The van der Waals surface area contributed by atoms with Crippen LogP contribution in [-0.2, 0) is 4.74 Å². The van der Waals surface area contributed by atoms with Crippen LogP contribution in [0.5, 0.6) is 5.75 Å². The second-order valence-corrected chi connectivity index (χ2v) is 6.90. The topological polar surface area (TPSA) is 18.5 Å². The second kappa shape index (κ2) is 10.5. The third kappa shape index (κ3) is 8.80. The summed E-state index contributed by atoms with van der Waals surface area (Å²) in [4.78, 5) is 0. The van der Waals surface area contributed by atoms with E-state index in [1.54, 1.807) is 0 Å². The molecule has 2 heteroatoms. The first-order valence-corrected chi connectivity index (χ1v) is 8.96. The van der Waals surface area contributed by atoms with Gasteiger partial charge in [0.2, 0.25) is 0 Å². The number of hydrogen-bond donors (Lipinski definition) is 0. The van der Waals surface area contributed by atoms with E-state index in [1.807, 2.05) is 25.1 Å². The van der Waals surface area contributed by atoms with Crippen LogP contribution in [0, 0.1) is 5.92 Å². The number of allylic oxidation sites excluding steroid dienone is 1. The van der Waals surface area contributed by atoms with Gasteiger partial charge in [-0.05, 0) is 64.2 Å². The fourth-order valence-corrected chi connectivity index (χ4v) is 2.73. The molecule has 0 aliphatic rings. The highest BCUT2D eigenvalue weighted by atomic mass is 16.5. The number of hydrogen-bond acceptors (Lipinski definition) is 2. The zero-order valence-electron chi connectivity index (χ0n) is 15.6. The fraction of sp³-hybridized carbons (Fsp3) is 0.619. The SMILES string of the molecule is C/C=C/c1ccc(OCCC(C)CCCC(C)(C)OCC)cc1. The highest BCUT2D eigenvalue weighted by molar-refractivity contribution is 5.50. The first kappa shape index (κ1) is 19.8. The molecule has 0 aromatic heterocycles. The van der Waals surface area contributed by atoms with E-state index in [2.05, 4.69) is 45.9 Å². The first-order chi connectivity index (χ1) is 11.0. The van der Waals surface area contributed by atoms with Gasteiger partial charge in [0.25, 0.3) is 0 Å². The Morgan fingerprint density at radius 1 is 1.13 bits per heavy atom. The van der Waals surface area contributed by atoms with Crippen molar-refractivity contribution < 1.29 is 9.47 Å². The molecule has 1 unspecified atom stereocenters. The highest BCUT2D eigenvalue weighted by Crippen LogP contribution is 2.21. The standard InChI is InChI=1S/C21H34O2/c1-6-9-19-11-13-20(14-12-19)22-17-15-18(3)10-8-16-21(4,5)23-7-2/h6,9,11-14,18H,7-8,10,15-17H2,1-5H3/b9-6+. The van der Waals surface area contributed by atoms with Gasteiger partial charge in [-0.25, -0.2) is 0 Å². The summed E-state index contributed by atoms with van der Waals surface area (Å²) in [6.45, 7) is 12.4. The van der Waals surface area contributed by atoms with Crippen molar-refractivity contribution in [1.82, 2.24) is 0 Å². The molecule has 0 heterocycles. The molecule has 1 aromatic carbocycles. The van der Waals surface area contributed by atoms with Crippen molar-refractivity contribution >= 4 is 6.08 Å². The molecule has 1 atom stereocenters. The van der Waals surface area contributed by atoms with Crippen LogP contribution in [0.25, 0.3) is 6.08 Å². The quantitative estimate of drug-likeness (QED) is 0.490. The third-order valence-electron chi connectivity index (χ3n) is 4.13. The van der Waals surface area contributed by atoms with Gasteiger partial charge < -0.3 is 9.47 Å². The van der Waals surface area contributed by atoms with Crippen LogP contribution < -0.4 is 4.74 Å². The maximum Gasteiger partial charge on any atom is 0.119 e. The van der Waals surface area contributed by atoms with E-state index in [1.165, 1.54) is 18.4 Å².